The van der Waals surface area contributed by atoms with Crippen molar-refractivity contribution in [1.29, 1.82) is 5.39 Å². The quantitative estimate of drug-likeness (QED) is 0.486. The Morgan fingerprint density at radius 1 is 1.23 bits per heavy atom. The van der Waals surface area contributed by atoms with Gasteiger partial charge in [-0.15, -0.1) is 0 Å². The van der Waals surface area contributed by atoms with Crippen molar-refractivity contribution in [2.45, 2.75) is 0 Å². The molecular formula is C9H7N3O+2. The van der Waals surface area contributed by atoms with Gasteiger partial charge in [0.15, 0.2) is 17.4 Å². The van der Waals surface area contributed by atoms with E-state index in [0.29, 0.717) is 5.52 Å². The predicted molar refractivity (Wildman–Crippen MR) is 46.0 cm³/mol. The van der Waals surface area contributed by atoms with Gasteiger partial charge in [-0.2, -0.15) is 4.40 Å². The Bertz CT molecular complexity index is 502. The molecular weight excluding hydrogens is 166 g/mol. The molecule has 0 amide bonds. The van der Waals surface area contributed by atoms with E-state index < -0.39 is 0 Å². The summed E-state index contributed by atoms with van der Waals surface area (Å²) in [6.45, 7) is 0. The van der Waals surface area contributed by atoms with E-state index in [1.165, 1.54) is 6.07 Å². The van der Waals surface area contributed by atoms with Crippen LogP contribution >= 0.6 is 0 Å². The third kappa shape index (κ3) is 1.07. The van der Waals surface area contributed by atoms with Gasteiger partial charge in [0.05, 0.1) is 6.07 Å². The van der Waals surface area contributed by atoms with Crippen molar-refractivity contribution in [3.05, 3.63) is 41.6 Å². The van der Waals surface area contributed by atoms with Gasteiger partial charge in [-0.05, 0) is 6.07 Å². The number of aromatic nitrogens is 1. The SMILES string of the molecule is N#[N+]c1c(O)cc[n+]2ccccc12. The first-order valence-electron chi connectivity index (χ1n) is 3.80. The second kappa shape index (κ2) is 2.72. The van der Waals surface area contributed by atoms with Gasteiger partial charge in [0.1, 0.15) is 0 Å². The van der Waals surface area contributed by atoms with E-state index in [2.05, 4.69) is 4.98 Å². The molecule has 2 heterocycles. The van der Waals surface area contributed by atoms with E-state index in [-0.39, 0.29) is 11.4 Å². The van der Waals surface area contributed by atoms with Gasteiger partial charge < -0.3 is 5.11 Å². The molecule has 1 N–H and O–H groups in total. The number of diazo groups is 1. The van der Waals surface area contributed by atoms with Crippen LogP contribution in [0.3, 0.4) is 0 Å². The molecule has 2 rings (SSSR count). The lowest BCUT2D eigenvalue weighted by atomic mass is 10.3. The van der Waals surface area contributed by atoms with Crippen LogP contribution in [-0.4, -0.2) is 5.11 Å². The average Bonchev–Trinajstić information content (AvgIpc) is 2.18. The minimum Gasteiger partial charge on any atom is -0.501 e. The molecule has 0 unspecified atom stereocenters. The summed E-state index contributed by atoms with van der Waals surface area (Å²) in [6, 6.07) is 6.89. The third-order valence-electron chi connectivity index (χ3n) is 1.87. The standard InChI is InChI=1S/C9H6N3O/c10-11-9-7-3-1-2-5-12(7)6-4-8(9)13/h1-6H/q+1/p+1. The van der Waals surface area contributed by atoms with Crippen LogP contribution in [0, 0.1) is 5.39 Å². The Balaban J connectivity index is 2.94. The molecule has 0 atom stereocenters. The van der Waals surface area contributed by atoms with Crippen molar-refractivity contribution in [3.8, 4) is 5.75 Å². The van der Waals surface area contributed by atoms with E-state index in [1.807, 2.05) is 18.3 Å². The van der Waals surface area contributed by atoms with Gasteiger partial charge in [-0.25, -0.2) is 0 Å². The molecule has 0 spiro atoms. The molecule has 2 aromatic rings. The van der Waals surface area contributed by atoms with Crippen LogP contribution in [0.4, 0.5) is 5.69 Å². The molecule has 0 aliphatic heterocycles. The van der Waals surface area contributed by atoms with Crippen LogP contribution in [0.15, 0.2) is 36.7 Å². The zero-order valence-corrected chi connectivity index (χ0v) is 6.75. The van der Waals surface area contributed by atoms with E-state index >= 15 is 0 Å². The van der Waals surface area contributed by atoms with E-state index in [0.717, 1.165) is 0 Å². The van der Waals surface area contributed by atoms with E-state index in [4.69, 9.17) is 5.39 Å². The van der Waals surface area contributed by atoms with Crippen LogP contribution in [0.2, 0.25) is 0 Å². The predicted octanol–water partition coefficient (Wildman–Crippen LogP) is 1.62. The van der Waals surface area contributed by atoms with Gasteiger partial charge in [0.2, 0.25) is 11.1 Å². The molecule has 4 nitrogen and oxygen atoms in total. The molecule has 0 saturated heterocycles. The van der Waals surface area contributed by atoms with Gasteiger partial charge >= 0.3 is 11.2 Å². The maximum atomic E-state index is 9.34. The van der Waals surface area contributed by atoms with Crippen molar-refractivity contribution in [2.75, 3.05) is 0 Å². The van der Waals surface area contributed by atoms with E-state index in [1.54, 1.807) is 16.7 Å². The number of hydrogen-bond donors (Lipinski definition) is 1. The monoisotopic (exact) mass is 173 g/mol. The number of nitrogens with zero attached hydrogens (tertiary/aromatic N) is 3. The van der Waals surface area contributed by atoms with Gasteiger partial charge in [0.25, 0.3) is 0 Å². The molecule has 0 aliphatic carbocycles. The Kier molecular flexibility index (Phi) is 1.57. The maximum Gasteiger partial charge on any atom is 0.496 e. The largest absolute Gasteiger partial charge is 0.501 e. The minimum absolute atomic E-state index is 0.0336. The Labute approximate surface area is 74.3 Å². The van der Waals surface area contributed by atoms with Crippen molar-refractivity contribution in [1.82, 2.24) is 0 Å². The molecule has 62 valence electrons. The van der Waals surface area contributed by atoms with Gasteiger partial charge in [0, 0.05) is 12.1 Å². The van der Waals surface area contributed by atoms with Gasteiger partial charge in [-0.1, -0.05) is 0 Å². The van der Waals surface area contributed by atoms with Crippen molar-refractivity contribution >= 4 is 11.2 Å². The molecule has 0 aromatic carbocycles. The molecule has 0 fully saturated rings. The fraction of sp³-hybridized carbons (Fsp3) is 0. The molecule has 0 bridgehead atoms. The van der Waals surface area contributed by atoms with Crippen molar-refractivity contribution in [2.24, 2.45) is 0 Å². The van der Waals surface area contributed by atoms with Crippen LogP contribution in [-0.2, 0) is 0 Å². The van der Waals surface area contributed by atoms with E-state index in [9.17, 15) is 5.11 Å². The summed E-state index contributed by atoms with van der Waals surface area (Å²) in [7, 11) is 0. The lowest BCUT2D eigenvalue weighted by Crippen LogP contribution is -2.19. The summed E-state index contributed by atoms with van der Waals surface area (Å²) in [5.41, 5.74) is 0.841. The number of aromatic hydroxyl groups is 1. The smallest absolute Gasteiger partial charge is 0.496 e. The second-order valence-electron chi connectivity index (χ2n) is 2.64. The van der Waals surface area contributed by atoms with Gasteiger partial charge in [-0.3, -0.25) is 0 Å². The first-order chi connectivity index (χ1) is 6.33. The normalized spacial score (nSPS) is 9.77. The summed E-state index contributed by atoms with van der Waals surface area (Å²) in [5, 5.41) is 18.0. The molecule has 13 heavy (non-hydrogen) atoms. The summed E-state index contributed by atoms with van der Waals surface area (Å²) in [4.78, 5) is 3.03. The summed E-state index contributed by atoms with van der Waals surface area (Å²) < 4.78 is 1.76. The number of hydrogen-bond acceptors (Lipinski definition) is 2. The number of rotatable bonds is 0. The van der Waals surface area contributed by atoms with Crippen LogP contribution in [0.5, 0.6) is 5.75 Å². The molecule has 0 radical (unpaired) electrons. The molecule has 2 aromatic heterocycles. The summed E-state index contributed by atoms with van der Waals surface area (Å²) >= 11 is 0. The summed E-state index contributed by atoms with van der Waals surface area (Å²) in [5.74, 6) is -0.0336. The maximum absolute atomic E-state index is 9.34. The first kappa shape index (κ1) is 7.50. The highest BCUT2D eigenvalue weighted by atomic mass is 16.3. The lowest BCUT2D eigenvalue weighted by Gasteiger charge is -1.87. The average molecular weight is 173 g/mol. The highest BCUT2D eigenvalue weighted by Crippen LogP contribution is 2.27. The van der Waals surface area contributed by atoms with Crippen LogP contribution in [0.25, 0.3) is 10.5 Å². The number of pyridine rings is 2. The first-order valence-corrected chi connectivity index (χ1v) is 3.80. The Morgan fingerprint density at radius 3 is 2.85 bits per heavy atom. The number of fused-ring (bicyclic) bond motifs is 1. The molecule has 4 heteroatoms. The molecule has 0 saturated carbocycles. The molecule has 0 aliphatic rings. The Hall–Kier alpha value is -2.15. The fourth-order valence-electron chi connectivity index (χ4n) is 1.25. The zero-order chi connectivity index (χ0) is 9.26. The topological polar surface area (TPSA) is 52.5 Å². The lowest BCUT2D eigenvalue weighted by molar-refractivity contribution is -0.511. The highest BCUT2D eigenvalue weighted by Gasteiger charge is 2.23. The van der Waals surface area contributed by atoms with Crippen molar-refractivity contribution in [3.63, 3.8) is 0 Å². The zero-order valence-electron chi connectivity index (χ0n) is 6.75. The third-order valence-corrected chi connectivity index (χ3v) is 1.87. The minimum atomic E-state index is -0.0336. The van der Waals surface area contributed by atoms with Crippen molar-refractivity contribution < 1.29 is 9.51 Å². The Morgan fingerprint density at radius 2 is 2.08 bits per heavy atom. The fourth-order valence-corrected chi connectivity index (χ4v) is 1.25. The van der Waals surface area contributed by atoms with Crippen LogP contribution in [0.1, 0.15) is 0 Å². The van der Waals surface area contributed by atoms with Crippen LogP contribution < -0.4 is 4.40 Å². The highest BCUT2D eigenvalue weighted by molar-refractivity contribution is 5.74. The summed E-state index contributed by atoms with van der Waals surface area (Å²) in [6.07, 6.45) is 3.50. The second-order valence-corrected chi connectivity index (χ2v) is 2.64.